The fourth-order valence-corrected chi connectivity index (χ4v) is 5.55. The molecule has 38 heavy (non-hydrogen) atoms. The van der Waals surface area contributed by atoms with Crippen molar-refractivity contribution >= 4 is 27.7 Å². The monoisotopic (exact) mass is 540 g/mol. The van der Waals surface area contributed by atoms with Gasteiger partial charge in [0.1, 0.15) is 6.04 Å². The van der Waals surface area contributed by atoms with Crippen molar-refractivity contribution in [2.24, 2.45) is 11.7 Å². The van der Waals surface area contributed by atoms with E-state index in [1.807, 2.05) is 32.9 Å². The van der Waals surface area contributed by atoms with E-state index in [0.717, 1.165) is 18.4 Å². The molecular weight excluding hydrogens is 504 g/mol. The first kappa shape index (κ1) is 28.9. The second-order valence-corrected chi connectivity index (χ2v) is 11.4. The Morgan fingerprint density at radius 2 is 1.74 bits per heavy atom. The van der Waals surface area contributed by atoms with Crippen molar-refractivity contribution in [3.63, 3.8) is 0 Å². The van der Waals surface area contributed by atoms with Crippen molar-refractivity contribution in [3.8, 4) is 11.1 Å². The van der Waals surface area contributed by atoms with Crippen molar-refractivity contribution in [3.05, 3.63) is 65.4 Å². The molecule has 204 valence electrons. The summed E-state index contributed by atoms with van der Waals surface area (Å²) in [7, 11) is -3.97. The Labute approximate surface area is 224 Å². The van der Waals surface area contributed by atoms with Crippen molar-refractivity contribution in [2.75, 3.05) is 4.72 Å². The average Bonchev–Trinajstić information content (AvgIpc) is 3.18. The number of nitrogens with two attached hydrogens (primary N) is 1. The lowest BCUT2D eigenvalue weighted by Gasteiger charge is -2.32. The second kappa shape index (κ2) is 12.3. The van der Waals surface area contributed by atoms with Crippen molar-refractivity contribution in [1.82, 2.24) is 10.1 Å². The number of aromatic nitrogens is 1. The van der Waals surface area contributed by atoms with E-state index < -0.39 is 22.0 Å². The van der Waals surface area contributed by atoms with E-state index >= 15 is 0 Å². The van der Waals surface area contributed by atoms with Crippen LogP contribution in [0.5, 0.6) is 0 Å². The number of carbonyl (C=O) groups excluding carboxylic acids is 2. The van der Waals surface area contributed by atoms with Gasteiger partial charge in [-0.05, 0) is 43.4 Å². The van der Waals surface area contributed by atoms with Gasteiger partial charge >= 0.3 is 0 Å². The van der Waals surface area contributed by atoms with E-state index in [-0.39, 0.29) is 29.1 Å². The maximum Gasteiger partial charge on any atom is 0.264 e. The van der Waals surface area contributed by atoms with E-state index in [1.165, 1.54) is 6.07 Å². The number of hydrogen-bond acceptors (Lipinski definition) is 6. The molecule has 0 bridgehead atoms. The van der Waals surface area contributed by atoms with Gasteiger partial charge in [0.15, 0.2) is 0 Å². The third-order valence-electron chi connectivity index (χ3n) is 6.50. The third kappa shape index (κ3) is 6.61. The highest BCUT2D eigenvalue weighted by Gasteiger charge is 2.30. The fourth-order valence-electron chi connectivity index (χ4n) is 4.27. The van der Waals surface area contributed by atoms with E-state index in [0.29, 0.717) is 28.8 Å². The standard InChI is InChI=1S/C28H36N4O5S/c1-6-7-12-25(33)32(26(18(2)3)27(29)34)17-21-13-15-22(16-14-21)23-10-8-9-11-24(23)38(35,36)31-28-19(4)20(5)30-37-28/h8-11,13-16,18,26,31H,6-7,12,17H2,1-5H3,(H2,29,34)/t26-/m0/s1. The summed E-state index contributed by atoms with van der Waals surface area (Å²) < 4.78 is 34.1. The Balaban J connectivity index is 1.91. The number of rotatable bonds is 12. The van der Waals surface area contributed by atoms with Gasteiger partial charge in [-0.3, -0.25) is 9.59 Å². The van der Waals surface area contributed by atoms with Gasteiger partial charge in [0.05, 0.1) is 10.6 Å². The highest BCUT2D eigenvalue weighted by atomic mass is 32.2. The lowest BCUT2D eigenvalue weighted by atomic mass is 9.99. The van der Waals surface area contributed by atoms with Gasteiger partial charge in [0, 0.05) is 24.1 Å². The van der Waals surface area contributed by atoms with Gasteiger partial charge in [-0.2, -0.15) is 0 Å². The molecule has 1 atom stereocenters. The lowest BCUT2D eigenvalue weighted by molar-refractivity contribution is -0.141. The van der Waals surface area contributed by atoms with Crippen molar-refractivity contribution < 1.29 is 22.5 Å². The molecule has 0 aliphatic carbocycles. The van der Waals surface area contributed by atoms with Crippen LogP contribution in [0, 0.1) is 19.8 Å². The molecule has 2 amide bonds. The molecule has 10 heteroatoms. The largest absolute Gasteiger partial charge is 0.368 e. The molecular formula is C28H36N4O5S. The molecule has 3 N–H and O–H groups in total. The molecule has 0 radical (unpaired) electrons. The number of hydrogen-bond donors (Lipinski definition) is 2. The summed E-state index contributed by atoms with van der Waals surface area (Å²) in [4.78, 5) is 26.9. The first-order valence-corrected chi connectivity index (χ1v) is 14.2. The molecule has 0 saturated carbocycles. The molecule has 2 aromatic carbocycles. The summed E-state index contributed by atoms with van der Waals surface area (Å²) in [6.07, 6.45) is 1.93. The normalized spacial score (nSPS) is 12.4. The minimum atomic E-state index is -3.97. The maximum atomic E-state index is 13.2. The minimum absolute atomic E-state index is 0.0784. The highest BCUT2D eigenvalue weighted by molar-refractivity contribution is 7.92. The van der Waals surface area contributed by atoms with Gasteiger partial charge in [0.2, 0.25) is 17.7 Å². The molecule has 9 nitrogen and oxygen atoms in total. The zero-order valence-corrected chi connectivity index (χ0v) is 23.3. The molecule has 0 unspecified atom stereocenters. The van der Waals surface area contributed by atoms with Crippen LogP contribution in [0.15, 0.2) is 57.9 Å². The number of unbranched alkanes of at least 4 members (excludes halogenated alkanes) is 1. The van der Waals surface area contributed by atoms with Gasteiger partial charge in [-0.25, -0.2) is 13.1 Å². The summed E-state index contributed by atoms with van der Waals surface area (Å²) in [6, 6.07) is 13.2. The molecule has 1 heterocycles. The molecule has 1 aromatic heterocycles. The van der Waals surface area contributed by atoms with E-state index in [1.54, 1.807) is 49.1 Å². The van der Waals surface area contributed by atoms with Crippen LogP contribution in [0.1, 0.15) is 56.9 Å². The summed E-state index contributed by atoms with van der Waals surface area (Å²) in [6.45, 7) is 9.42. The molecule has 0 spiro atoms. The minimum Gasteiger partial charge on any atom is -0.368 e. The number of amides is 2. The highest BCUT2D eigenvalue weighted by Crippen LogP contribution is 2.30. The number of aryl methyl sites for hydroxylation is 1. The molecule has 3 rings (SSSR count). The van der Waals surface area contributed by atoms with Crippen LogP contribution in [0.2, 0.25) is 0 Å². The van der Waals surface area contributed by atoms with Gasteiger partial charge in [0.25, 0.3) is 10.0 Å². The maximum absolute atomic E-state index is 13.2. The second-order valence-electron chi connectivity index (χ2n) is 9.74. The Bertz CT molecular complexity index is 1380. The van der Waals surface area contributed by atoms with Crippen LogP contribution in [-0.2, 0) is 26.2 Å². The molecule has 3 aromatic rings. The number of anilines is 1. The van der Waals surface area contributed by atoms with Gasteiger partial charge < -0.3 is 15.2 Å². The van der Waals surface area contributed by atoms with Crippen LogP contribution in [0.3, 0.4) is 0 Å². The van der Waals surface area contributed by atoms with Crippen LogP contribution in [-0.4, -0.2) is 36.3 Å². The van der Waals surface area contributed by atoms with Crippen LogP contribution in [0.4, 0.5) is 5.88 Å². The third-order valence-corrected chi connectivity index (χ3v) is 7.89. The first-order chi connectivity index (χ1) is 18.0. The number of sulfonamides is 1. The summed E-state index contributed by atoms with van der Waals surface area (Å²) in [5.41, 5.74) is 8.88. The number of nitrogens with zero attached hydrogens (tertiary/aromatic N) is 2. The van der Waals surface area contributed by atoms with Gasteiger partial charge in [-0.1, -0.05) is 74.8 Å². The Morgan fingerprint density at radius 1 is 1.08 bits per heavy atom. The Morgan fingerprint density at radius 3 is 2.29 bits per heavy atom. The summed E-state index contributed by atoms with van der Waals surface area (Å²) in [5.74, 6) is -0.715. The quantitative estimate of drug-likeness (QED) is 0.339. The van der Waals surface area contributed by atoms with Crippen LogP contribution >= 0.6 is 0 Å². The summed E-state index contributed by atoms with van der Waals surface area (Å²) >= 11 is 0. The number of primary amides is 1. The molecule has 0 fully saturated rings. The van der Waals surface area contributed by atoms with E-state index in [9.17, 15) is 18.0 Å². The Kier molecular flexibility index (Phi) is 9.32. The number of benzene rings is 2. The zero-order chi connectivity index (χ0) is 28.0. The van der Waals surface area contributed by atoms with Gasteiger partial charge in [-0.15, -0.1) is 0 Å². The Hall–Kier alpha value is -3.66. The summed E-state index contributed by atoms with van der Waals surface area (Å²) in [5, 5.41) is 3.81. The van der Waals surface area contributed by atoms with Crippen LogP contribution < -0.4 is 10.5 Å². The number of nitrogens with one attached hydrogen (secondary N) is 1. The number of carbonyl (C=O) groups is 2. The van der Waals surface area contributed by atoms with Crippen molar-refractivity contribution in [2.45, 2.75) is 71.4 Å². The fraction of sp³-hybridized carbons (Fsp3) is 0.393. The lowest BCUT2D eigenvalue weighted by Crippen LogP contribution is -2.50. The van der Waals surface area contributed by atoms with E-state index in [2.05, 4.69) is 9.88 Å². The van der Waals surface area contributed by atoms with Crippen molar-refractivity contribution in [1.29, 1.82) is 0 Å². The first-order valence-electron chi connectivity index (χ1n) is 12.7. The van der Waals surface area contributed by atoms with E-state index in [4.69, 9.17) is 10.3 Å². The molecule has 0 aliphatic heterocycles. The zero-order valence-electron chi connectivity index (χ0n) is 22.5. The average molecular weight is 541 g/mol. The smallest absolute Gasteiger partial charge is 0.264 e. The molecule has 0 aliphatic rings. The predicted octanol–water partition coefficient (Wildman–Crippen LogP) is 4.79. The topological polar surface area (TPSA) is 136 Å². The molecule has 0 saturated heterocycles. The van der Waals surface area contributed by atoms with Crippen LogP contribution in [0.25, 0.3) is 11.1 Å². The predicted molar refractivity (Wildman–Crippen MR) is 147 cm³/mol. The SMILES string of the molecule is CCCCC(=O)N(Cc1ccc(-c2ccccc2S(=O)(=O)Nc2onc(C)c2C)cc1)[C@H](C(N)=O)C(C)C.